The Balaban J connectivity index is 1.50. The molecule has 3 N–H and O–H groups in total. The molecule has 8 nitrogen and oxygen atoms in total. The normalized spacial score (nSPS) is 18.1. The fourth-order valence-corrected chi connectivity index (χ4v) is 3.97. The molecule has 0 radical (unpaired) electrons. The molecule has 1 fully saturated rings. The summed E-state index contributed by atoms with van der Waals surface area (Å²) in [5, 5.41) is 10.8. The second kappa shape index (κ2) is 10.5. The van der Waals surface area contributed by atoms with Crippen molar-refractivity contribution in [2.75, 3.05) is 43.8 Å². The molecule has 9 heteroatoms. The van der Waals surface area contributed by atoms with Crippen LogP contribution in [0.4, 0.5) is 17.3 Å². The zero-order chi connectivity index (χ0) is 22.4. The predicted molar refractivity (Wildman–Crippen MR) is 130 cm³/mol. The number of aryl methyl sites for hydroxylation is 1. The molecule has 168 valence electrons. The van der Waals surface area contributed by atoms with E-state index in [9.17, 15) is 0 Å². The molecule has 2 aromatic rings. The maximum absolute atomic E-state index is 5.53. The van der Waals surface area contributed by atoms with Gasteiger partial charge in [0.1, 0.15) is 29.0 Å². The Hall–Kier alpha value is -2.81. The van der Waals surface area contributed by atoms with Crippen LogP contribution in [0.5, 0.6) is 11.5 Å². The van der Waals surface area contributed by atoms with Crippen LogP contribution in [0.3, 0.4) is 0 Å². The van der Waals surface area contributed by atoms with Gasteiger partial charge in [-0.1, -0.05) is 0 Å². The van der Waals surface area contributed by atoms with E-state index in [-0.39, 0.29) is 0 Å². The lowest BCUT2D eigenvalue weighted by Gasteiger charge is -2.31. The number of nitrogens with zero attached hydrogens (tertiary/aromatic N) is 3. The van der Waals surface area contributed by atoms with E-state index in [0.717, 1.165) is 54.6 Å². The molecule has 0 spiro atoms. The molecule has 0 unspecified atom stereocenters. The third-order valence-electron chi connectivity index (χ3n) is 5.35. The number of ether oxygens (including phenoxy) is 2. The van der Waals surface area contributed by atoms with Crippen LogP contribution in [0.2, 0.25) is 0 Å². The summed E-state index contributed by atoms with van der Waals surface area (Å²) < 4.78 is 10.7. The molecule has 0 bridgehead atoms. The van der Waals surface area contributed by atoms with E-state index in [0.29, 0.717) is 22.9 Å². The van der Waals surface area contributed by atoms with Gasteiger partial charge in [0.05, 0.1) is 19.9 Å². The van der Waals surface area contributed by atoms with Crippen molar-refractivity contribution in [3.05, 3.63) is 30.1 Å². The maximum atomic E-state index is 5.53. The lowest BCUT2D eigenvalue weighted by atomic mass is 9.91. The molecule has 0 atom stereocenters. The molecular weight excluding hydrogens is 412 g/mol. The van der Waals surface area contributed by atoms with Crippen LogP contribution < -0.4 is 30.3 Å². The minimum atomic E-state index is 0.340. The van der Waals surface area contributed by atoms with Gasteiger partial charge < -0.3 is 30.3 Å². The van der Waals surface area contributed by atoms with Gasteiger partial charge in [0, 0.05) is 38.3 Å². The molecular formula is C22H32N6O2S. The van der Waals surface area contributed by atoms with Gasteiger partial charge in [0.25, 0.3) is 0 Å². The zero-order valence-corrected chi connectivity index (χ0v) is 19.7. The Labute approximate surface area is 189 Å². The van der Waals surface area contributed by atoms with E-state index < -0.39 is 0 Å². The third-order valence-corrected chi connectivity index (χ3v) is 5.57. The Morgan fingerprint density at radius 2 is 1.74 bits per heavy atom. The fraction of sp³-hybridized carbons (Fsp3) is 0.500. The number of hydrogen-bond donors (Lipinski definition) is 3. The second-order valence-electron chi connectivity index (χ2n) is 7.91. The van der Waals surface area contributed by atoms with Crippen molar-refractivity contribution in [1.82, 2.24) is 15.3 Å². The minimum Gasteiger partial charge on any atom is -0.497 e. The van der Waals surface area contributed by atoms with Crippen molar-refractivity contribution in [3.63, 3.8) is 0 Å². The summed E-state index contributed by atoms with van der Waals surface area (Å²) in [5.41, 5.74) is 0.812. The maximum Gasteiger partial charge on any atom is 0.171 e. The number of hydrogen-bond acceptors (Lipinski definition) is 7. The molecule has 0 saturated heterocycles. The highest BCUT2D eigenvalue weighted by Crippen LogP contribution is 2.29. The van der Waals surface area contributed by atoms with E-state index in [4.69, 9.17) is 21.7 Å². The lowest BCUT2D eigenvalue weighted by Crippen LogP contribution is -2.42. The summed E-state index contributed by atoms with van der Waals surface area (Å²) in [7, 11) is 7.24. The quantitative estimate of drug-likeness (QED) is 0.555. The molecule has 1 saturated carbocycles. The van der Waals surface area contributed by atoms with Crippen molar-refractivity contribution in [3.8, 4) is 11.5 Å². The average molecular weight is 445 g/mol. The first-order valence-corrected chi connectivity index (χ1v) is 10.9. The van der Waals surface area contributed by atoms with Gasteiger partial charge in [-0.2, -0.15) is 0 Å². The number of anilines is 3. The van der Waals surface area contributed by atoms with Gasteiger partial charge >= 0.3 is 0 Å². The Morgan fingerprint density at radius 3 is 2.39 bits per heavy atom. The highest BCUT2D eigenvalue weighted by atomic mass is 32.1. The number of thiocarbonyl (C=S) groups is 1. The Morgan fingerprint density at radius 1 is 1.03 bits per heavy atom. The molecule has 1 aliphatic carbocycles. The fourth-order valence-electron chi connectivity index (χ4n) is 3.69. The topological polar surface area (TPSA) is 83.6 Å². The highest BCUT2D eigenvalue weighted by Gasteiger charge is 2.22. The Kier molecular flexibility index (Phi) is 7.73. The van der Waals surface area contributed by atoms with Gasteiger partial charge in [-0.25, -0.2) is 9.97 Å². The van der Waals surface area contributed by atoms with Gasteiger partial charge in [0.15, 0.2) is 5.11 Å². The summed E-state index contributed by atoms with van der Waals surface area (Å²) in [6, 6.07) is 8.34. The minimum absolute atomic E-state index is 0.340. The van der Waals surface area contributed by atoms with Crippen LogP contribution in [0.15, 0.2) is 24.3 Å². The largest absolute Gasteiger partial charge is 0.497 e. The van der Waals surface area contributed by atoms with E-state index in [1.54, 1.807) is 14.2 Å². The Bertz CT molecular complexity index is 900. The molecule has 0 amide bonds. The number of aromatic nitrogens is 2. The van der Waals surface area contributed by atoms with Crippen molar-refractivity contribution in [2.24, 2.45) is 0 Å². The lowest BCUT2D eigenvalue weighted by molar-refractivity contribution is 0.387. The third kappa shape index (κ3) is 6.33. The van der Waals surface area contributed by atoms with Crippen molar-refractivity contribution in [2.45, 2.75) is 44.7 Å². The molecule has 1 aromatic carbocycles. The first-order valence-electron chi connectivity index (χ1n) is 10.5. The summed E-state index contributed by atoms with van der Waals surface area (Å²) in [6.07, 6.45) is 4.16. The van der Waals surface area contributed by atoms with Crippen LogP contribution in [0, 0.1) is 6.92 Å². The van der Waals surface area contributed by atoms with Crippen LogP contribution in [0.1, 0.15) is 31.5 Å². The van der Waals surface area contributed by atoms with Crippen molar-refractivity contribution >= 4 is 34.7 Å². The number of nitrogens with one attached hydrogen (secondary N) is 3. The van der Waals surface area contributed by atoms with Crippen LogP contribution in [0.25, 0.3) is 0 Å². The summed E-state index contributed by atoms with van der Waals surface area (Å²) in [5.74, 6) is 4.00. The highest BCUT2D eigenvalue weighted by molar-refractivity contribution is 7.80. The van der Waals surface area contributed by atoms with E-state index >= 15 is 0 Å². The van der Waals surface area contributed by atoms with Gasteiger partial charge in [-0.05, 0) is 57.0 Å². The molecule has 31 heavy (non-hydrogen) atoms. The SMILES string of the molecule is COc1ccc(NC(=S)NC2CCC(Nc3cc(N(C)C)nc(C)n3)CC2)c(OC)c1. The second-order valence-corrected chi connectivity index (χ2v) is 8.32. The number of benzene rings is 1. The van der Waals surface area contributed by atoms with Crippen LogP contribution in [-0.2, 0) is 0 Å². The first-order chi connectivity index (χ1) is 14.9. The predicted octanol–water partition coefficient (Wildman–Crippen LogP) is 3.58. The molecule has 3 rings (SSSR count). The molecule has 1 aromatic heterocycles. The number of methoxy groups -OCH3 is 2. The molecule has 1 aliphatic rings. The van der Waals surface area contributed by atoms with Gasteiger partial charge in [-0.3, -0.25) is 0 Å². The standard InChI is InChI=1S/C22H32N6O2S/c1-14-23-20(13-21(24-14)28(2)3)25-15-6-8-16(9-7-15)26-22(31)27-18-11-10-17(29-4)12-19(18)30-5/h10-13,15-16H,6-9H2,1-5H3,(H,23,24,25)(H2,26,27,31). The summed E-state index contributed by atoms with van der Waals surface area (Å²) in [4.78, 5) is 11.0. The molecule has 0 aliphatic heterocycles. The van der Waals surface area contributed by atoms with E-state index in [1.165, 1.54) is 0 Å². The summed E-state index contributed by atoms with van der Waals surface area (Å²) in [6.45, 7) is 1.92. The smallest absolute Gasteiger partial charge is 0.171 e. The molecule has 1 heterocycles. The average Bonchev–Trinajstić information content (AvgIpc) is 2.75. The van der Waals surface area contributed by atoms with Crippen molar-refractivity contribution in [1.29, 1.82) is 0 Å². The number of rotatable bonds is 7. The zero-order valence-electron chi connectivity index (χ0n) is 18.9. The van der Waals surface area contributed by atoms with Gasteiger partial charge in [-0.15, -0.1) is 0 Å². The van der Waals surface area contributed by atoms with Crippen LogP contribution in [-0.4, -0.2) is 55.5 Å². The first kappa shape index (κ1) is 22.9. The van der Waals surface area contributed by atoms with E-state index in [1.807, 2.05) is 50.2 Å². The van der Waals surface area contributed by atoms with E-state index in [2.05, 4.69) is 25.9 Å². The van der Waals surface area contributed by atoms with Crippen molar-refractivity contribution < 1.29 is 9.47 Å². The van der Waals surface area contributed by atoms with Gasteiger partial charge in [0.2, 0.25) is 0 Å². The monoisotopic (exact) mass is 444 g/mol. The van der Waals surface area contributed by atoms with Crippen LogP contribution >= 0.6 is 12.2 Å². The summed E-state index contributed by atoms with van der Waals surface area (Å²) >= 11 is 5.53.